The first kappa shape index (κ1) is 30.8. The van der Waals surface area contributed by atoms with Crippen LogP contribution < -0.4 is 28.4 Å². The number of aliphatic hydroxyl groups excluding tert-OH is 4. The zero-order valence-electron chi connectivity index (χ0n) is 23.8. The Morgan fingerprint density at radius 2 is 1.52 bits per heavy atom. The van der Waals surface area contributed by atoms with Crippen molar-refractivity contribution in [2.24, 2.45) is 0 Å². The van der Waals surface area contributed by atoms with E-state index in [1.165, 1.54) is 46.6 Å². The molecule has 4 unspecified atom stereocenters. The second kappa shape index (κ2) is 13.7. The summed E-state index contributed by atoms with van der Waals surface area (Å²) in [6.07, 6.45) is 0.275. The Kier molecular flexibility index (Phi) is 10.0. The van der Waals surface area contributed by atoms with Crippen molar-refractivity contribution >= 4 is 6.08 Å². The molecule has 0 saturated carbocycles. The summed E-state index contributed by atoms with van der Waals surface area (Å²) >= 11 is 0. The second-order valence-electron chi connectivity index (χ2n) is 9.52. The van der Waals surface area contributed by atoms with Crippen LogP contribution in [0.25, 0.3) is 6.08 Å². The van der Waals surface area contributed by atoms with Crippen LogP contribution in [0.2, 0.25) is 0 Å². The molecule has 4 rings (SSSR count). The summed E-state index contributed by atoms with van der Waals surface area (Å²) in [5.74, 6) is 1.20. The molecule has 0 spiro atoms. The van der Waals surface area contributed by atoms with Crippen molar-refractivity contribution in [3.63, 3.8) is 0 Å². The van der Waals surface area contributed by atoms with Crippen molar-refractivity contribution in [1.82, 2.24) is 0 Å². The molecule has 11 nitrogen and oxygen atoms in total. The third kappa shape index (κ3) is 6.04. The summed E-state index contributed by atoms with van der Waals surface area (Å²) in [6, 6.07) is 11.3. The number of ether oxygens (including phenoxy) is 6. The van der Waals surface area contributed by atoms with Crippen LogP contribution in [-0.4, -0.2) is 79.9 Å². The molecule has 0 bridgehead atoms. The van der Waals surface area contributed by atoms with Gasteiger partial charge in [-0.25, -0.2) is 0 Å². The standard InChI is InChI=1S/C31H36O11/c1-37-23-12-18(7-8-22(23)35)28(36)27(16-34)41-31-25(39-3)13-19(14-26(31)40-4)29-21(15-33)20-10-17(6-5-9-32)11-24(38-2)30(20)42-29/h5-8,10-14,21,27-29,32-36H,9,15-16H2,1-4H3/b6-5+. The zero-order valence-corrected chi connectivity index (χ0v) is 23.8. The summed E-state index contributed by atoms with van der Waals surface area (Å²) in [5.41, 5.74) is 2.49. The molecule has 11 heteroatoms. The van der Waals surface area contributed by atoms with Crippen molar-refractivity contribution in [3.8, 4) is 40.2 Å². The lowest BCUT2D eigenvalue weighted by Crippen LogP contribution is -2.29. The van der Waals surface area contributed by atoms with Crippen LogP contribution in [0.3, 0.4) is 0 Å². The van der Waals surface area contributed by atoms with Crippen molar-refractivity contribution in [2.75, 3.05) is 48.3 Å². The average molecular weight is 585 g/mol. The van der Waals surface area contributed by atoms with Crippen molar-refractivity contribution in [2.45, 2.75) is 24.2 Å². The Bertz CT molecular complexity index is 1380. The molecule has 1 aliphatic heterocycles. The number of phenolic OH excluding ortho intramolecular Hbond substituents is 1. The Morgan fingerprint density at radius 3 is 2.10 bits per heavy atom. The van der Waals surface area contributed by atoms with E-state index in [4.69, 9.17) is 28.4 Å². The number of hydrogen-bond donors (Lipinski definition) is 5. The van der Waals surface area contributed by atoms with Gasteiger partial charge in [-0.15, -0.1) is 0 Å². The lowest BCUT2D eigenvalue weighted by Gasteiger charge is -2.26. The fourth-order valence-corrected chi connectivity index (χ4v) is 4.98. The molecule has 0 amide bonds. The fraction of sp³-hybridized carbons (Fsp3) is 0.355. The van der Waals surface area contributed by atoms with E-state index in [2.05, 4.69) is 0 Å². The topological polar surface area (TPSA) is 157 Å². The van der Waals surface area contributed by atoms with E-state index in [1.807, 2.05) is 6.07 Å². The largest absolute Gasteiger partial charge is 0.504 e. The van der Waals surface area contributed by atoms with Crippen LogP contribution in [0.1, 0.15) is 40.4 Å². The number of hydrogen-bond acceptors (Lipinski definition) is 11. The number of methoxy groups -OCH3 is 4. The maximum Gasteiger partial charge on any atom is 0.204 e. The molecule has 0 saturated heterocycles. The Balaban J connectivity index is 1.69. The smallest absolute Gasteiger partial charge is 0.204 e. The van der Waals surface area contributed by atoms with Crippen molar-refractivity contribution < 1.29 is 54.0 Å². The highest BCUT2D eigenvalue weighted by molar-refractivity contribution is 5.63. The minimum Gasteiger partial charge on any atom is -0.504 e. The molecule has 3 aromatic rings. The first-order valence-corrected chi connectivity index (χ1v) is 13.2. The van der Waals surface area contributed by atoms with Crippen LogP contribution in [0.5, 0.6) is 40.2 Å². The van der Waals surface area contributed by atoms with E-state index in [9.17, 15) is 25.5 Å². The summed E-state index contributed by atoms with van der Waals surface area (Å²) in [5, 5.41) is 50.6. The Morgan fingerprint density at radius 1 is 0.857 bits per heavy atom. The summed E-state index contributed by atoms with van der Waals surface area (Å²) in [6.45, 7) is -0.905. The average Bonchev–Trinajstić information content (AvgIpc) is 3.40. The van der Waals surface area contributed by atoms with Crippen LogP contribution in [-0.2, 0) is 0 Å². The van der Waals surface area contributed by atoms with E-state index in [1.54, 1.807) is 30.4 Å². The first-order chi connectivity index (χ1) is 20.3. The van der Waals surface area contributed by atoms with Gasteiger partial charge in [-0.05, 0) is 47.5 Å². The number of fused-ring (bicyclic) bond motifs is 1. The predicted molar refractivity (Wildman–Crippen MR) is 153 cm³/mol. The highest BCUT2D eigenvalue weighted by Gasteiger charge is 2.39. The molecule has 42 heavy (non-hydrogen) atoms. The van der Waals surface area contributed by atoms with Gasteiger partial charge in [0.25, 0.3) is 0 Å². The molecule has 1 heterocycles. The monoisotopic (exact) mass is 584 g/mol. The normalized spacial score (nSPS) is 17.3. The lowest BCUT2D eigenvalue weighted by atomic mass is 9.90. The van der Waals surface area contributed by atoms with Gasteiger partial charge < -0.3 is 54.0 Å². The van der Waals surface area contributed by atoms with Gasteiger partial charge in [0.2, 0.25) is 5.75 Å². The maximum absolute atomic E-state index is 11.0. The van der Waals surface area contributed by atoms with Gasteiger partial charge in [0.15, 0.2) is 40.6 Å². The summed E-state index contributed by atoms with van der Waals surface area (Å²) in [7, 11) is 5.80. The van der Waals surface area contributed by atoms with Crippen LogP contribution in [0, 0.1) is 0 Å². The number of aliphatic hydroxyl groups is 4. The van der Waals surface area contributed by atoms with Gasteiger partial charge in [0.1, 0.15) is 12.2 Å². The SMILES string of the molecule is COc1cc(C(O)C(CO)Oc2c(OC)cc(C3Oc4c(OC)cc(/C=C/CO)cc4C3CO)cc2OC)ccc1O. The predicted octanol–water partition coefficient (Wildman–Crippen LogP) is 3.12. The molecular formula is C31H36O11. The van der Waals surface area contributed by atoms with Gasteiger partial charge in [0, 0.05) is 11.1 Å². The van der Waals surface area contributed by atoms with Crippen LogP contribution in [0.15, 0.2) is 48.5 Å². The second-order valence-corrected chi connectivity index (χ2v) is 9.52. The van der Waals surface area contributed by atoms with E-state index in [0.29, 0.717) is 22.6 Å². The van der Waals surface area contributed by atoms with E-state index in [0.717, 1.165) is 11.1 Å². The molecule has 0 radical (unpaired) electrons. The molecule has 3 aromatic carbocycles. The van der Waals surface area contributed by atoms with Gasteiger partial charge in [0.05, 0.1) is 54.2 Å². The summed E-state index contributed by atoms with van der Waals surface area (Å²) in [4.78, 5) is 0. The molecule has 0 aromatic heterocycles. The third-order valence-corrected chi connectivity index (χ3v) is 7.11. The van der Waals surface area contributed by atoms with Gasteiger partial charge >= 0.3 is 0 Å². The molecule has 226 valence electrons. The maximum atomic E-state index is 11.0. The highest BCUT2D eigenvalue weighted by Crippen LogP contribution is 2.53. The molecular weight excluding hydrogens is 548 g/mol. The minimum absolute atomic E-state index is 0.0956. The van der Waals surface area contributed by atoms with Crippen molar-refractivity contribution in [3.05, 3.63) is 70.8 Å². The molecule has 0 fully saturated rings. The van der Waals surface area contributed by atoms with Gasteiger partial charge in [-0.3, -0.25) is 0 Å². The quantitative estimate of drug-likeness (QED) is 0.201. The minimum atomic E-state index is -1.30. The van der Waals surface area contributed by atoms with E-state index in [-0.39, 0.29) is 42.0 Å². The molecule has 1 aliphatic rings. The third-order valence-electron chi connectivity index (χ3n) is 7.11. The highest BCUT2D eigenvalue weighted by atomic mass is 16.6. The number of benzene rings is 3. The Labute approximate surface area is 243 Å². The van der Waals surface area contributed by atoms with Gasteiger partial charge in [-0.2, -0.15) is 0 Å². The lowest BCUT2D eigenvalue weighted by molar-refractivity contribution is -0.00180. The van der Waals surface area contributed by atoms with Crippen LogP contribution >= 0.6 is 0 Å². The zero-order chi connectivity index (χ0) is 30.4. The van der Waals surface area contributed by atoms with E-state index >= 15 is 0 Å². The number of rotatable bonds is 13. The van der Waals surface area contributed by atoms with Crippen molar-refractivity contribution in [1.29, 1.82) is 0 Å². The number of aromatic hydroxyl groups is 1. The molecule has 4 atom stereocenters. The van der Waals surface area contributed by atoms with Crippen LogP contribution in [0.4, 0.5) is 0 Å². The van der Waals surface area contributed by atoms with E-state index < -0.39 is 30.8 Å². The molecule has 0 aliphatic carbocycles. The summed E-state index contributed by atoms with van der Waals surface area (Å²) < 4.78 is 34.3. The fourth-order valence-electron chi connectivity index (χ4n) is 4.98. The number of phenols is 1. The Hall–Kier alpha value is -4.16. The first-order valence-electron chi connectivity index (χ1n) is 13.2. The molecule has 5 N–H and O–H groups in total. The van der Waals surface area contributed by atoms with Gasteiger partial charge in [-0.1, -0.05) is 18.2 Å².